The predicted molar refractivity (Wildman–Crippen MR) is 95.3 cm³/mol. The van der Waals surface area contributed by atoms with Gasteiger partial charge in [0.1, 0.15) is 11.8 Å². The summed E-state index contributed by atoms with van der Waals surface area (Å²) in [7, 11) is 0. The zero-order chi connectivity index (χ0) is 18.5. The van der Waals surface area contributed by atoms with Crippen molar-refractivity contribution in [1.29, 1.82) is 0 Å². The normalized spacial score (nSPS) is 16.7. The highest BCUT2D eigenvalue weighted by atomic mass is 16.5. The summed E-state index contributed by atoms with van der Waals surface area (Å²) < 4.78 is 5.32. The number of benzene rings is 2. The van der Waals surface area contributed by atoms with Gasteiger partial charge in [0.15, 0.2) is 6.61 Å². The Labute approximate surface area is 150 Å². The predicted octanol–water partition coefficient (Wildman–Crippen LogP) is 1.33. The molecule has 0 spiro atoms. The SMILES string of the molecule is Cc1ccc(N2C(=O)CC(NNC(=O)COc3ccccc3)C2=O)cc1. The van der Waals surface area contributed by atoms with Crippen LogP contribution in [0.3, 0.4) is 0 Å². The van der Waals surface area contributed by atoms with Gasteiger partial charge in [-0.15, -0.1) is 0 Å². The topological polar surface area (TPSA) is 87.7 Å². The maximum Gasteiger partial charge on any atom is 0.272 e. The number of aryl methyl sites for hydroxylation is 1. The second kappa shape index (κ2) is 7.79. The summed E-state index contributed by atoms with van der Waals surface area (Å²) in [5.74, 6) is -0.586. The summed E-state index contributed by atoms with van der Waals surface area (Å²) >= 11 is 0. The molecule has 26 heavy (non-hydrogen) atoms. The van der Waals surface area contributed by atoms with E-state index in [2.05, 4.69) is 10.9 Å². The van der Waals surface area contributed by atoms with Crippen LogP contribution < -0.4 is 20.5 Å². The third-order valence-electron chi connectivity index (χ3n) is 3.94. The molecular weight excluding hydrogens is 334 g/mol. The van der Waals surface area contributed by atoms with Crippen LogP contribution in [0.25, 0.3) is 0 Å². The van der Waals surface area contributed by atoms with Crippen LogP contribution in [-0.2, 0) is 14.4 Å². The number of hydrogen-bond donors (Lipinski definition) is 2. The van der Waals surface area contributed by atoms with E-state index >= 15 is 0 Å². The van der Waals surface area contributed by atoms with E-state index in [1.807, 2.05) is 25.1 Å². The lowest BCUT2D eigenvalue weighted by Gasteiger charge is -2.16. The fourth-order valence-electron chi connectivity index (χ4n) is 2.58. The molecule has 0 radical (unpaired) electrons. The number of nitrogens with zero attached hydrogens (tertiary/aromatic N) is 1. The van der Waals surface area contributed by atoms with Crippen LogP contribution in [0.2, 0.25) is 0 Å². The van der Waals surface area contributed by atoms with Crippen molar-refractivity contribution in [3.8, 4) is 5.75 Å². The van der Waals surface area contributed by atoms with Gasteiger partial charge < -0.3 is 4.74 Å². The van der Waals surface area contributed by atoms with Gasteiger partial charge in [0.2, 0.25) is 5.91 Å². The molecule has 0 saturated carbocycles. The number of para-hydroxylation sites is 1. The molecule has 2 N–H and O–H groups in total. The van der Waals surface area contributed by atoms with Gasteiger partial charge >= 0.3 is 0 Å². The molecule has 7 heteroatoms. The van der Waals surface area contributed by atoms with Crippen LogP contribution in [0, 0.1) is 6.92 Å². The highest BCUT2D eigenvalue weighted by Gasteiger charge is 2.39. The zero-order valence-corrected chi connectivity index (χ0v) is 14.3. The fraction of sp³-hybridized carbons (Fsp3) is 0.211. The molecule has 2 aromatic rings. The molecule has 7 nitrogen and oxygen atoms in total. The Hall–Kier alpha value is -3.19. The van der Waals surface area contributed by atoms with Crippen molar-refractivity contribution >= 4 is 23.4 Å². The Balaban J connectivity index is 1.52. The number of amides is 3. The second-order valence-electron chi connectivity index (χ2n) is 5.95. The lowest BCUT2D eigenvalue weighted by atomic mass is 10.2. The number of ether oxygens (including phenoxy) is 1. The fourth-order valence-corrected chi connectivity index (χ4v) is 2.58. The summed E-state index contributed by atoms with van der Waals surface area (Å²) in [4.78, 5) is 37.6. The van der Waals surface area contributed by atoms with Gasteiger partial charge in [-0.1, -0.05) is 35.9 Å². The van der Waals surface area contributed by atoms with Crippen molar-refractivity contribution in [2.45, 2.75) is 19.4 Å². The van der Waals surface area contributed by atoms with Crippen molar-refractivity contribution in [1.82, 2.24) is 10.9 Å². The number of hydrazine groups is 1. The van der Waals surface area contributed by atoms with E-state index < -0.39 is 17.9 Å². The Morgan fingerprint density at radius 2 is 1.81 bits per heavy atom. The lowest BCUT2D eigenvalue weighted by molar-refractivity contribution is -0.125. The number of imide groups is 1. The molecule has 1 aliphatic rings. The summed E-state index contributed by atoms with van der Waals surface area (Å²) in [6.07, 6.45) is -0.0213. The third kappa shape index (κ3) is 4.07. The first-order valence-corrected chi connectivity index (χ1v) is 8.20. The molecule has 0 aromatic heterocycles. The lowest BCUT2D eigenvalue weighted by Crippen LogP contribution is -2.49. The summed E-state index contributed by atoms with van der Waals surface area (Å²) in [6.45, 7) is 1.72. The van der Waals surface area contributed by atoms with E-state index in [4.69, 9.17) is 4.74 Å². The van der Waals surface area contributed by atoms with E-state index in [-0.39, 0.29) is 18.9 Å². The number of carbonyl (C=O) groups excluding carboxylic acids is 3. The maximum absolute atomic E-state index is 12.5. The minimum Gasteiger partial charge on any atom is -0.484 e. The van der Waals surface area contributed by atoms with Crippen LogP contribution in [0.5, 0.6) is 5.75 Å². The minimum atomic E-state index is -0.801. The van der Waals surface area contributed by atoms with Crippen LogP contribution in [0.15, 0.2) is 54.6 Å². The number of rotatable bonds is 6. The van der Waals surface area contributed by atoms with E-state index in [1.54, 1.807) is 36.4 Å². The smallest absolute Gasteiger partial charge is 0.272 e. The van der Waals surface area contributed by atoms with Crippen molar-refractivity contribution < 1.29 is 19.1 Å². The number of hydrogen-bond acceptors (Lipinski definition) is 5. The first-order chi connectivity index (χ1) is 12.5. The average molecular weight is 353 g/mol. The molecule has 2 aromatic carbocycles. The summed E-state index contributed by atoms with van der Waals surface area (Å²) in [6, 6.07) is 15.2. The number of nitrogens with one attached hydrogen (secondary N) is 2. The highest BCUT2D eigenvalue weighted by molar-refractivity contribution is 6.22. The van der Waals surface area contributed by atoms with Crippen molar-refractivity contribution in [2.75, 3.05) is 11.5 Å². The van der Waals surface area contributed by atoms with Gasteiger partial charge in [0.25, 0.3) is 11.8 Å². The van der Waals surface area contributed by atoms with E-state index in [1.165, 1.54) is 0 Å². The first-order valence-electron chi connectivity index (χ1n) is 8.20. The second-order valence-corrected chi connectivity index (χ2v) is 5.95. The highest BCUT2D eigenvalue weighted by Crippen LogP contribution is 2.22. The van der Waals surface area contributed by atoms with Crippen molar-refractivity contribution in [2.24, 2.45) is 0 Å². The molecular formula is C19H19N3O4. The molecule has 1 aliphatic heterocycles. The molecule has 1 saturated heterocycles. The van der Waals surface area contributed by atoms with Gasteiger partial charge in [-0.2, -0.15) is 0 Å². The van der Waals surface area contributed by atoms with Crippen molar-refractivity contribution in [3.05, 3.63) is 60.2 Å². The maximum atomic E-state index is 12.5. The quantitative estimate of drug-likeness (QED) is 0.604. The first kappa shape index (κ1) is 17.6. The monoisotopic (exact) mass is 353 g/mol. The van der Waals surface area contributed by atoms with E-state index in [9.17, 15) is 14.4 Å². The Morgan fingerprint density at radius 3 is 2.50 bits per heavy atom. The van der Waals surface area contributed by atoms with E-state index in [0.29, 0.717) is 11.4 Å². The van der Waals surface area contributed by atoms with Gasteiger partial charge in [0.05, 0.1) is 12.1 Å². The largest absolute Gasteiger partial charge is 0.484 e. The van der Waals surface area contributed by atoms with E-state index in [0.717, 1.165) is 10.5 Å². The van der Waals surface area contributed by atoms with Gasteiger partial charge in [-0.3, -0.25) is 19.8 Å². The van der Waals surface area contributed by atoms with Gasteiger partial charge in [-0.25, -0.2) is 10.3 Å². The van der Waals surface area contributed by atoms with Crippen LogP contribution >= 0.6 is 0 Å². The number of anilines is 1. The molecule has 3 amide bonds. The Kier molecular flexibility index (Phi) is 5.28. The molecule has 1 fully saturated rings. The average Bonchev–Trinajstić information content (AvgIpc) is 2.93. The third-order valence-corrected chi connectivity index (χ3v) is 3.94. The van der Waals surface area contributed by atoms with Crippen LogP contribution in [-0.4, -0.2) is 30.4 Å². The van der Waals surface area contributed by atoms with Gasteiger partial charge in [-0.05, 0) is 31.2 Å². The molecule has 0 bridgehead atoms. The molecule has 1 heterocycles. The molecule has 1 unspecified atom stereocenters. The molecule has 3 rings (SSSR count). The Bertz CT molecular complexity index is 805. The van der Waals surface area contributed by atoms with Crippen LogP contribution in [0.1, 0.15) is 12.0 Å². The number of carbonyl (C=O) groups is 3. The minimum absolute atomic E-state index is 0.0213. The standard InChI is InChI=1S/C19H19N3O4/c1-13-7-9-14(10-8-13)22-18(24)11-16(19(22)25)20-21-17(23)12-26-15-5-3-2-4-6-15/h2-10,16,20H,11-12H2,1H3,(H,21,23). The van der Waals surface area contributed by atoms with Gasteiger partial charge in [0, 0.05) is 0 Å². The zero-order valence-electron chi connectivity index (χ0n) is 14.3. The summed E-state index contributed by atoms with van der Waals surface area (Å²) in [5.41, 5.74) is 6.59. The summed E-state index contributed by atoms with van der Waals surface area (Å²) in [5, 5.41) is 0. The molecule has 0 aliphatic carbocycles. The van der Waals surface area contributed by atoms with Crippen LogP contribution in [0.4, 0.5) is 5.69 Å². The Morgan fingerprint density at radius 1 is 1.12 bits per heavy atom. The van der Waals surface area contributed by atoms with Crippen molar-refractivity contribution in [3.63, 3.8) is 0 Å². The molecule has 134 valence electrons. The molecule has 1 atom stereocenters.